The van der Waals surface area contributed by atoms with Crippen LogP contribution in [0.15, 0.2) is 24.3 Å². The molecule has 1 aromatic carbocycles. The van der Waals surface area contributed by atoms with Crippen molar-refractivity contribution in [3.63, 3.8) is 0 Å². The van der Waals surface area contributed by atoms with Crippen LogP contribution in [-0.2, 0) is 0 Å². The minimum atomic E-state index is -0.0594. The van der Waals surface area contributed by atoms with Gasteiger partial charge in [-0.15, -0.1) is 0 Å². The number of piperazine rings is 1. The van der Waals surface area contributed by atoms with Gasteiger partial charge in [0.1, 0.15) is 0 Å². The van der Waals surface area contributed by atoms with E-state index in [0.29, 0.717) is 5.92 Å². The molecule has 3 rings (SSSR count). The Bertz CT molecular complexity index is 374. The largest absolute Gasteiger partial charge is 0.393 e. The van der Waals surface area contributed by atoms with E-state index in [9.17, 15) is 5.11 Å². The maximum Gasteiger partial charge on any atom is 0.0540 e. The molecule has 1 aliphatic carbocycles. The lowest BCUT2D eigenvalue weighted by Gasteiger charge is -2.34. The Morgan fingerprint density at radius 2 is 1.50 bits per heavy atom. The molecular formula is C17H26N2O. The van der Waals surface area contributed by atoms with Gasteiger partial charge in [0.05, 0.1) is 6.10 Å². The van der Waals surface area contributed by atoms with Crippen LogP contribution in [0, 0.1) is 0 Å². The van der Waals surface area contributed by atoms with Gasteiger partial charge in [0.2, 0.25) is 0 Å². The average molecular weight is 274 g/mol. The molecule has 20 heavy (non-hydrogen) atoms. The lowest BCUT2D eigenvalue weighted by molar-refractivity contribution is 0.122. The first-order valence-electron chi connectivity index (χ1n) is 7.94. The molecule has 1 N–H and O–H groups in total. The van der Waals surface area contributed by atoms with Crippen LogP contribution in [0.3, 0.4) is 0 Å². The zero-order chi connectivity index (χ0) is 13.9. The molecule has 1 heterocycles. The van der Waals surface area contributed by atoms with E-state index in [1.54, 1.807) is 0 Å². The fourth-order valence-electron chi connectivity index (χ4n) is 3.43. The smallest absolute Gasteiger partial charge is 0.0540 e. The number of anilines is 1. The molecule has 110 valence electrons. The molecule has 2 aliphatic rings. The summed E-state index contributed by atoms with van der Waals surface area (Å²) in [5, 5.41) is 9.60. The van der Waals surface area contributed by atoms with Crippen molar-refractivity contribution in [3.8, 4) is 0 Å². The van der Waals surface area contributed by atoms with Crippen molar-refractivity contribution in [1.82, 2.24) is 4.90 Å². The van der Waals surface area contributed by atoms with Crippen LogP contribution in [0.1, 0.15) is 37.2 Å². The molecule has 1 aliphatic heterocycles. The summed E-state index contributed by atoms with van der Waals surface area (Å²) >= 11 is 0. The Balaban J connectivity index is 1.62. The van der Waals surface area contributed by atoms with Crippen LogP contribution in [0.4, 0.5) is 5.69 Å². The minimum absolute atomic E-state index is 0.0594. The first kappa shape index (κ1) is 13.9. The zero-order valence-corrected chi connectivity index (χ0v) is 12.5. The molecule has 0 aromatic heterocycles. The summed E-state index contributed by atoms with van der Waals surface area (Å²) in [6.45, 7) is 4.57. The Morgan fingerprint density at radius 1 is 0.900 bits per heavy atom. The molecule has 1 aromatic rings. The van der Waals surface area contributed by atoms with Gasteiger partial charge in [0, 0.05) is 31.9 Å². The van der Waals surface area contributed by atoms with Gasteiger partial charge in [-0.25, -0.2) is 0 Å². The summed E-state index contributed by atoms with van der Waals surface area (Å²) in [4.78, 5) is 4.87. The standard InChI is InChI=1S/C17H26N2O/c1-18-10-12-19(13-11-18)16-6-2-14(3-7-16)15-4-8-17(20)9-5-15/h2-3,6-7,15,17,20H,4-5,8-13H2,1H3/t15-,17-. The fourth-order valence-corrected chi connectivity index (χ4v) is 3.43. The van der Waals surface area contributed by atoms with Crippen molar-refractivity contribution in [2.24, 2.45) is 0 Å². The first-order valence-corrected chi connectivity index (χ1v) is 7.94. The van der Waals surface area contributed by atoms with Crippen molar-refractivity contribution in [3.05, 3.63) is 29.8 Å². The maximum absolute atomic E-state index is 9.60. The second-order valence-electron chi connectivity index (χ2n) is 6.39. The Kier molecular flexibility index (Phi) is 4.27. The molecule has 0 amide bonds. The van der Waals surface area contributed by atoms with Gasteiger partial charge in [0.25, 0.3) is 0 Å². The Hall–Kier alpha value is -1.06. The van der Waals surface area contributed by atoms with Gasteiger partial charge < -0.3 is 14.9 Å². The van der Waals surface area contributed by atoms with Gasteiger partial charge in [-0.05, 0) is 56.3 Å². The van der Waals surface area contributed by atoms with E-state index in [1.807, 2.05) is 0 Å². The van der Waals surface area contributed by atoms with E-state index in [-0.39, 0.29) is 6.10 Å². The maximum atomic E-state index is 9.60. The third-order valence-electron chi connectivity index (χ3n) is 4.93. The van der Waals surface area contributed by atoms with Crippen molar-refractivity contribution in [1.29, 1.82) is 0 Å². The molecular weight excluding hydrogens is 248 g/mol. The number of hydrogen-bond donors (Lipinski definition) is 1. The van der Waals surface area contributed by atoms with Gasteiger partial charge >= 0.3 is 0 Å². The summed E-state index contributed by atoms with van der Waals surface area (Å²) in [6.07, 6.45) is 4.13. The topological polar surface area (TPSA) is 26.7 Å². The molecule has 0 unspecified atom stereocenters. The quantitative estimate of drug-likeness (QED) is 0.897. The molecule has 3 nitrogen and oxygen atoms in total. The third-order valence-corrected chi connectivity index (χ3v) is 4.93. The molecule has 1 saturated carbocycles. The monoisotopic (exact) mass is 274 g/mol. The number of aliphatic hydroxyl groups is 1. The SMILES string of the molecule is CN1CCN(c2ccc([C@H]3CC[C@H](O)CC3)cc2)CC1. The van der Waals surface area contributed by atoms with E-state index in [4.69, 9.17) is 0 Å². The van der Waals surface area contributed by atoms with Crippen LogP contribution in [0.25, 0.3) is 0 Å². The molecule has 0 bridgehead atoms. The summed E-state index contributed by atoms with van der Waals surface area (Å²) in [5.74, 6) is 0.653. The normalized spacial score (nSPS) is 28.6. The van der Waals surface area contributed by atoms with Crippen LogP contribution in [0.5, 0.6) is 0 Å². The highest BCUT2D eigenvalue weighted by molar-refractivity contribution is 5.48. The second-order valence-corrected chi connectivity index (χ2v) is 6.39. The average Bonchev–Trinajstić information content (AvgIpc) is 2.49. The van der Waals surface area contributed by atoms with E-state index in [2.05, 4.69) is 41.1 Å². The van der Waals surface area contributed by atoms with E-state index < -0.39 is 0 Å². The van der Waals surface area contributed by atoms with Crippen LogP contribution < -0.4 is 4.90 Å². The van der Waals surface area contributed by atoms with E-state index in [1.165, 1.54) is 11.3 Å². The number of benzene rings is 1. The van der Waals surface area contributed by atoms with Gasteiger partial charge in [-0.2, -0.15) is 0 Å². The molecule has 0 atom stereocenters. The number of aliphatic hydroxyl groups excluding tert-OH is 1. The highest BCUT2D eigenvalue weighted by atomic mass is 16.3. The van der Waals surface area contributed by atoms with Crippen molar-refractivity contribution < 1.29 is 5.11 Å². The van der Waals surface area contributed by atoms with Gasteiger partial charge in [-0.1, -0.05) is 12.1 Å². The van der Waals surface area contributed by atoms with E-state index >= 15 is 0 Å². The summed E-state index contributed by atoms with van der Waals surface area (Å²) < 4.78 is 0. The third kappa shape index (κ3) is 3.15. The van der Waals surface area contributed by atoms with Gasteiger partial charge in [0.15, 0.2) is 0 Å². The number of nitrogens with zero attached hydrogens (tertiary/aromatic N) is 2. The van der Waals surface area contributed by atoms with E-state index in [0.717, 1.165) is 51.9 Å². The highest BCUT2D eigenvalue weighted by Crippen LogP contribution is 2.33. The van der Waals surface area contributed by atoms with Crippen molar-refractivity contribution in [2.45, 2.75) is 37.7 Å². The summed E-state index contributed by atoms with van der Waals surface area (Å²) in [5.41, 5.74) is 2.81. The predicted molar refractivity (Wildman–Crippen MR) is 83.4 cm³/mol. The lowest BCUT2D eigenvalue weighted by atomic mass is 9.83. The van der Waals surface area contributed by atoms with Crippen molar-refractivity contribution in [2.75, 3.05) is 38.1 Å². The summed E-state index contributed by atoms with van der Waals surface area (Å²) in [7, 11) is 2.19. The Labute approximate surface area is 122 Å². The van der Waals surface area contributed by atoms with Crippen LogP contribution in [0.2, 0.25) is 0 Å². The minimum Gasteiger partial charge on any atom is -0.393 e. The number of hydrogen-bond acceptors (Lipinski definition) is 3. The molecule has 2 fully saturated rings. The molecule has 3 heteroatoms. The second kappa shape index (κ2) is 6.15. The van der Waals surface area contributed by atoms with Crippen molar-refractivity contribution >= 4 is 5.69 Å². The first-order chi connectivity index (χ1) is 9.72. The molecule has 1 saturated heterocycles. The van der Waals surface area contributed by atoms with Crippen LogP contribution >= 0.6 is 0 Å². The molecule has 0 spiro atoms. The molecule has 0 radical (unpaired) electrons. The van der Waals surface area contributed by atoms with Gasteiger partial charge in [-0.3, -0.25) is 0 Å². The fraction of sp³-hybridized carbons (Fsp3) is 0.647. The Morgan fingerprint density at radius 3 is 2.10 bits per heavy atom. The summed E-state index contributed by atoms with van der Waals surface area (Å²) in [6, 6.07) is 9.17. The highest BCUT2D eigenvalue weighted by Gasteiger charge is 2.21. The van der Waals surface area contributed by atoms with Crippen LogP contribution in [-0.4, -0.2) is 49.3 Å². The number of rotatable bonds is 2. The predicted octanol–water partition coefficient (Wildman–Crippen LogP) is 2.46. The number of likely N-dealkylation sites (N-methyl/N-ethyl adjacent to an activating group) is 1. The lowest BCUT2D eigenvalue weighted by Crippen LogP contribution is -2.44. The zero-order valence-electron chi connectivity index (χ0n) is 12.5.